The van der Waals surface area contributed by atoms with Crippen LogP contribution in [0, 0.1) is 6.92 Å². The average Bonchev–Trinajstić information content (AvgIpc) is 3.41. The van der Waals surface area contributed by atoms with E-state index < -0.39 is 0 Å². The number of para-hydroxylation sites is 2. The lowest BCUT2D eigenvalue weighted by molar-refractivity contribution is -0.116. The van der Waals surface area contributed by atoms with E-state index in [0.29, 0.717) is 13.0 Å². The van der Waals surface area contributed by atoms with Gasteiger partial charge in [-0.25, -0.2) is 4.98 Å². The number of hydrogen-bond donors (Lipinski definition) is 1. The summed E-state index contributed by atoms with van der Waals surface area (Å²) in [7, 11) is 0. The summed E-state index contributed by atoms with van der Waals surface area (Å²) in [6.45, 7) is 3.38. The molecule has 6 nitrogen and oxygen atoms in total. The second kappa shape index (κ2) is 12.2. The first kappa shape index (κ1) is 26.6. The molecule has 1 amide bonds. The van der Waals surface area contributed by atoms with Crippen LogP contribution in [-0.2, 0) is 11.3 Å². The fourth-order valence-electron chi connectivity index (χ4n) is 4.59. The van der Waals surface area contributed by atoms with Gasteiger partial charge < -0.3 is 19.4 Å². The number of nitrogens with zero attached hydrogens (tertiary/aromatic N) is 2. The molecule has 0 fully saturated rings. The number of thioether (sulfide) groups is 1. The maximum Gasteiger partial charge on any atom is 0.225 e. The molecule has 0 spiro atoms. The number of rotatable bonds is 9. The standard InChI is InChI=1S/C29H29N3O3S.ClH/c1-20-12-13-26(36-2)28(29(20)34-17-7-15-32-16-14-30-19-32)31-27(33)18-23-21-8-3-5-10-24(21)35-25-11-6-4-9-22(23)25;/h3-6,8-14,16,19,23H,7,15,17-18H2,1-2H3,(H,31,33);1H. The summed E-state index contributed by atoms with van der Waals surface area (Å²) in [5.41, 5.74) is 3.78. The molecule has 5 rings (SSSR count). The fourth-order valence-corrected chi connectivity index (χ4v) is 5.14. The topological polar surface area (TPSA) is 65.4 Å². The van der Waals surface area contributed by atoms with Crippen LogP contribution < -0.4 is 14.8 Å². The normalized spacial score (nSPS) is 12.1. The van der Waals surface area contributed by atoms with Crippen molar-refractivity contribution in [2.24, 2.45) is 0 Å². The summed E-state index contributed by atoms with van der Waals surface area (Å²) in [6, 6.07) is 20.0. The van der Waals surface area contributed by atoms with E-state index in [1.807, 2.05) is 84.6 Å². The molecular weight excluding hydrogens is 506 g/mol. The van der Waals surface area contributed by atoms with Gasteiger partial charge in [-0.2, -0.15) is 0 Å². The molecule has 192 valence electrons. The van der Waals surface area contributed by atoms with Crippen LogP contribution in [0.4, 0.5) is 5.69 Å². The van der Waals surface area contributed by atoms with Crippen molar-refractivity contribution in [2.45, 2.75) is 37.1 Å². The third-order valence-electron chi connectivity index (χ3n) is 6.37. The Morgan fingerprint density at radius 1 is 1.08 bits per heavy atom. The van der Waals surface area contributed by atoms with Crippen molar-refractivity contribution in [1.82, 2.24) is 9.55 Å². The number of benzene rings is 3. The number of aromatic nitrogens is 2. The molecule has 1 aliphatic rings. The number of ether oxygens (including phenoxy) is 2. The maximum atomic E-state index is 13.5. The second-order valence-electron chi connectivity index (χ2n) is 8.77. The van der Waals surface area contributed by atoms with Crippen molar-refractivity contribution in [1.29, 1.82) is 0 Å². The van der Waals surface area contributed by atoms with Gasteiger partial charge in [0.25, 0.3) is 0 Å². The molecule has 3 aromatic carbocycles. The molecule has 0 aliphatic carbocycles. The van der Waals surface area contributed by atoms with Gasteiger partial charge in [-0.1, -0.05) is 42.5 Å². The molecule has 0 atom stereocenters. The molecule has 37 heavy (non-hydrogen) atoms. The third-order valence-corrected chi connectivity index (χ3v) is 7.15. The molecule has 0 saturated carbocycles. The molecule has 0 radical (unpaired) electrons. The summed E-state index contributed by atoms with van der Waals surface area (Å²) in [6.07, 6.45) is 8.67. The molecule has 1 aliphatic heterocycles. The lowest BCUT2D eigenvalue weighted by Crippen LogP contribution is -2.20. The van der Waals surface area contributed by atoms with Gasteiger partial charge in [0.15, 0.2) is 0 Å². The predicted octanol–water partition coefficient (Wildman–Crippen LogP) is 7.07. The van der Waals surface area contributed by atoms with Crippen LogP contribution in [0.1, 0.15) is 35.4 Å². The number of carbonyl (C=O) groups excluding carboxylic acids is 1. The first-order valence-corrected chi connectivity index (χ1v) is 13.3. The Hall–Kier alpha value is -3.42. The number of halogens is 1. The molecule has 2 heterocycles. The quantitative estimate of drug-likeness (QED) is 0.183. The Balaban J connectivity index is 0.00000320. The van der Waals surface area contributed by atoms with Gasteiger partial charge in [-0.3, -0.25) is 4.79 Å². The number of amides is 1. The largest absolute Gasteiger partial charge is 0.491 e. The van der Waals surface area contributed by atoms with E-state index in [-0.39, 0.29) is 24.2 Å². The van der Waals surface area contributed by atoms with Crippen LogP contribution in [0.3, 0.4) is 0 Å². The van der Waals surface area contributed by atoms with Crippen molar-refractivity contribution >= 4 is 35.8 Å². The van der Waals surface area contributed by atoms with E-state index in [2.05, 4.69) is 10.3 Å². The van der Waals surface area contributed by atoms with E-state index in [4.69, 9.17) is 9.47 Å². The average molecular weight is 536 g/mol. The summed E-state index contributed by atoms with van der Waals surface area (Å²) in [5, 5.41) is 3.19. The van der Waals surface area contributed by atoms with Crippen molar-refractivity contribution in [2.75, 3.05) is 18.2 Å². The van der Waals surface area contributed by atoms with Crippen LogP contribution in [0.5, 0.6) is 17.2 Å². The zero-order valence-electron chi connectivity index (χ0n) is 20.8. The molecule has 1 N–H and O–H groups in total. The first-order valence-electron chi connectivity index (χ1n) is 12.1. The number of aryl methyl sites for hydroxylation is 2. The van der Waals surface area contributed by atoms with Crippen LogP contribution in [-0.4, -0.2) is 28.3 Å². The smallest absolute Gasteiger partial charge is 0.225 e. The highest BCUT2D eigenvalue weighted by atomic mass is 35.5. The van der Waals surface area contributed by atoms with E-state index in [1.165, 1.54) is 0 Å². The Kier molecular flexibility index (Phi) is 8.79. The molecular formula is C29H30ClN3O3S. The van der Waals surface area contributed by atoms with Gasteiger partial charge in [0.1, 0.15) is 17.2 Å². The Morgan fingerprint density at radius 2 is 1.78 bits per heavy atom. The lowest BCUT2D eigenvalue weighted by atomic mass is 9.85. The van der Waals surface area contributed by atoms with Gasteiger partial charge >= 0.3 is 0 Å². The fraction of sp³-hybridized carbons (Fsp3) is 0.241. The molecule has 1 aromatic heterocycles. The monoisotopic (exact) mass is 535 g/mol. The van der Waals surface area contributed by atoms with E-state index >= 15 is 0 Å². The van der Waals surface area contributed by atoms with Gasteiger partial charge in [0.05, 0.1) is 18.6 Å². The number of imidazole rings is 1. The SMILES string of the molecule is CSc1ccc(C)c(OCCCn2ccnc2)c1NC(=O)CC1c2ccccc2Oc2ccccc21.Cl. The van der Waals surface area contributed by atoms with Crippen LogP contribution in [0.2, 0.25) is 0 Å². The Morgan fingerprint density at radius 3 is 2.43 bits per heavy atom. The van der Waals surface area contributed by atoms with Gasteiger partial charge in [-0.15, -0.1) is 24.2 Å². The highest BCUT2D eigenvalue weighted by Gasteiger charge is 2.29. The van der Waals surface area contributed by atoms with Gasteiger partial charge in [-0.05, 0) is 43.4 Å². The van der Waals surface area contributed by atoms with Crippen LogP contribution >= 0.6 is 24.2 Å². The highest BCUT2D eigenvalue weighted by molar-refractivity contribution is 7.98. The van der Waals surface area contributed by atoms with Gasteiger partial charge in [0.2, 0.25) is 5.91 Å². The summed E-state index contributed by atoms with van der Waals surface area (Å²) in [4.78, 5) is 18.6. The zero-order valence-corrected chi connectivity index (χ0v) is 22.5. The summed E-state index contributed by atoms with van der Waals surface area (Å²) in [5.74, 6) is 2.19. The van der Waals surface area contributed by atoms with Crippen molar-refractivity contribution in [3.8, 4) is 17.2 Å². The van der Waals surface area contributed by atoms with E-state index in [9.17, 15) is 4.79 Å². The predicted molar refractivity (Wildman–Crippen MR) is 151 cm³/mol. The summed E-state index contributed by atoms with van der Waals surface area (Å²) >= 11 is 1.59. The van der Waals surface area contributed by atoms with Crippen molar-refractivity contribution in [3.63, 3.8) is 0 Å². The zero-order chi connectivity index (χ0) is 24.9. The van der Waals surface area contributed by atoms with Crippen LogP contribution in [0.15, 0.2) is 84.3 Å². The highest BCUT2D eigenvalue weighted by Crippen LogP contribution is 2.46. The molecule has 8 heteroatoms. The van der Waals surface area contributed by atoms with Crippen molar-refractivity contribution in [3.05, 3.63) is 96.1 Å². The molecule has 0 saturated heterocycles. The number of anilines is 1. The lowest BCUT2D eigenvalue weighted by Gasteiger charge is -2.28. The minimum absolute atomic E-state index is 0. The molecule has 0 unspecified atom stereocenters. The van der Waals surface area contributed by atoms with Crippen LogP contribution in [0.25, 0.3) is 0 Å². The minimum Gasteiger partial charge on any atom is -0.491 e. The first-order chi connectivity index (χ1) is 17.6. The summed E-state index contributed by atoms with van der Waals surface area (Å²) < 4.78 is 14.4. The Labute approximate surface area is 227 Å². The van der Waals surface area contributed by atoms with Gasteiger partial charge in [0, 0.05) is 47.3 Å². The number of nitrogens with one attached hydrogen (secondary N) is 1. The maximum absolute atomic E-state index is 13.5. The Bertz CT molecular complexity index is 1320. The number of hydrogen-bond acceptors (Lipinski definition) is 5. The number of carbonyl (C=O) groups is 1. The van der Waals surface area contributed by atoms with E-state index in [1.54, 1.807) is 24.3 Å². The minimum atomic E-state index is -0.0896. The van der Waals surface area contributed by atoms with E-state index in [0.717, 1.165) is 57.5 Å². The second-order valence-corrected chi connectivity index (χ2v) is 9.62. The van der Waals surface area contributed by atoms with Crippen molar-refractivity contribution < 1.29 is 14.3 Å². The third kappa shape index (κ3) is 5.95. The molecule has 0 bridgehead atoms. The molecule has 4 aromatic rings. The number of fused-ring (bicyclic) bond motifs is 2.